The van der Waals surface area contributed by atoms with Crippen molar-refractivity contribution in [2.75, 3.05) is 6.54 Å². The Balaban J connectivity index is 1.21. The molecule has 2 saturated heterocycles. The molecule has 1 aliphatic carbocycles. The second-order valence-electron chi connectivity index (χ2n) is 8.66. The lowest BCUT2D eigenvalue weighted by Crippen LogP contribution is -2.54. The van der Waals surface area contributed by atoms with Crippen molar-refractivity contribution in [1.29, 1.82) is 0 Å². The zero-order valence-corrected chi connectivity index (χ0v) is 16.6. The van der Waals surface area contributed by atoms with Gasteiger partial charge in [-0.1, -0.05) is 6.07 Å². The van der Waals surface area contributed by atoms with Gasteiger partial charge in [-0.3, -0.25) is 29.4 Å². The molecule has 3 unspecified atom stereocenters. The Bertz CT molecular complexity index is 998. The SMILES string of the molecule is O=C1CCC(N2C(=O)c3ccc(CNC[C@@H]4CCC5C(N4)C5(F)F)cc3C2=O)C(=O)N1. The van der Waals surface area contributed by atoms with Gasteiger partial charge in [0.15, 0.2) is 0 Å². The summed E-state index contributed by atoms with van der Waals surface area (Å²) in [5, 5.41) is 8.38. The first-order valence-corrected chi connectivity index (χ1v) is 10.5. The van der Waals surface area contributed by atoms with Crippen molar-refractivity contribution >= 4 is 23.6 Å². The van der Waals surface area contributed by atoms with E-state index in [0.29, 0.717) is 25.9 Å². The number of fused-ring (bicyclic) bond motifs is 2. The second kappa shape index (κ2) is 7.16. The van der Waals surface area contributed by atoms with Crippen molar-refractivity contribution in [3.05, 3.63) is 34.9 Å². The van der Waals surface area contributed by atoms with E-state index in [1.165, 1.54) is 0 Å². The normalized spacial score (nSPS) is 31.4. The van der Waals surface area contributed by atoms with Crippen molar-refractivity contribution in [3.63, 3.8) is 0 Å². The summed E-state index contributed by atoms with van der Waals surface area (Å²) in [7, 11) is 0. The summed E-state index contributed by atoms with van der Waals surface area (Å²) in [6, 6.07) is 3.17. The molecule has 0 radical (unpaired) electrons. The third kappa shape index (κ3) is 3.34. The molecule has 31 heavy (non-hydrogen) atoms. The van der Waals surface area contributed by atoms with Crippen LogP contribution in [-0.2, 0) is 16.1 Å². The van der Waals surface area contributed by atoms with Crippen LogP contribution in [0.5, 0.6) is 0 Å². The highest BCUT2D eigenvalue weighted by Gasteiger charge is 2.69. The maximum Gasteiger partial charge on any atom is 0.268 e. The zero-order valence-electron chi connectivity index (χ0n) is 16.6. The molecule has 3 aliphatic heterocycles. The van der Waals surface area contributed by atoms with Gasteiger partial charge in [0, 0.05) is 31.5 Å². The highest BCUT2D eigenvalue weighted by Crippen LogP contribution is 2.53. The number of carbonyl (C=O) groups excluding carboxylic acids is 4. The van der Waals surface area contributed by atoms with Crippen molar-refractivity contribution in [3.8, 4) is 0 Å². The molecule has 3 heterocycles. The van der Waals surface area contributed by atoms with Crippen molar-refractivity contribution < 1.29 is 28.0 Å². The molecule has 1 aromatic rings. The first-order chi connectivity index (χ1) is 14.8. The van der Waals surface area contributed by atoms with Crippen LogP contribution in [0.2, 0.25) is 0 Å². The van der Waals surface area contributed by atoms with E-state index in [2.05, 4.69) is 16.0 Å². The number of nitrogens with zero attached hydrogens (tertiary/aromatic N) is 1. The molecule has 4 amide bonds. The van der Waals surface area contributed by atoms with Crippen molar-refractivity contribution in [1.82, 2.24) is 20.9 Å². The number of hydrogen-bond donors (Lipinski definition) is 3. The summed E-state index contributed by atoms with van der Waals surface area (Å²) in [4.78, 5) is 50.0. The number of hydrogen-bond acceptors (Lipinski definition) is 6. The quantitative estimate of drug-likeness (QED) is 0.587. The third-order valence-electron chi connectivity index (χ3n) is 6.67. The second-order valence-corrected chi connectivity index (χ2v) is 8.66. The molecular weight excluding hydrogens is 410 g/mol. The van der Waals surface area contributed by atoms with E-state index in [-0.39, 0.29) is 30.0 Å². The van der Waals surface area contributed by atoms with E-state index < -0.39 is 47.6 Å². The highest BCUT2D eigenvalue weighted by molar-refractivity contribution is 6.23. The molecule has 1 aromatic carbocycles. The minimum Gasteiger partial charge on any atom is -0.311 e. The fourth-order valence-electron chi connectivity index (χ4n) is 4.87. The maximum atomic E-state index is 13.5. The lowest BCUT2D eigenvalue weighted by molar-refractivity contribution is -0.136. The van der Waals surface area contributed by atoms with Crippen LogP contribution in [-0.4, -0.2) is 59.1 Å². The van der Waals surface area contributed by atoms with Gasteiger partial charge in [0.2, 0.25) is 11.8 Å². The number of nitrogens with one attached hydrogen (secondary N) is 3. The van der Waals surface area contributed by atoms with E-state index in [1.54, 1.807) is 18.2 Å². The van der Waals surface area contributed by atoms with Crippen LogP contribution in [0, 0.1) is 5.92 Å². The minimum atomic E-state index is -2.59. The molecule has 10 heteroatoms. The summed E-state index contributed by atoms with van der Waals surface area (Å²) >= 11 is 0. The smallest absolute Gasteiger partial charge is 0.268 e. The number of piperidine rings is 2. The predicted molar refractivity (Wildman–Crippen MR) is 103 cm³/mol. The van der Waals surface area contributed by atoms with Gasteiger partial charge >= 0.3 is 0 Å². The van der Waals surface area contributed by atoms with E-state index in [9.17, 15) is 28.0 Å². The standard InChI is InChI=1S/C21H22F2N4O4/c22-21(23)14-4-2-11(25-17(14)21)9-24-8-10-1-3-12-13(7-10)20(31)27(19(12)30)15-5-6-16(28)26-18(15)29/h1,3,7,11,14-15,17,24-25H,2,4-6,8-9H2,(H,26,28,29)/t11-,14?,15?,17?/m0/s1. The Kier molecular flexibility index (Phi) is 4.67. The molecule has 0 aromatic heterocycles. The number of imide groups is 2. The number of alkyl halides is 2. The van der Waals surface area contributed by atoms with Gasteiger partial charge < -0.3 is 10.6 Å². The highest BCUT2D eigenvalue weighted by atomic mass is 19.3. The van der Waals surface area contributed by atoms with Crippen LogP contribution in [0.1, 0.15) is 52.0 Å². The van der Waals surface area contributed by atoms with Crippen molar-refractivity contribution in [2.45, 2.75) is 56.3 Å². The summed E-state index contributed by atoms with van der Waals surface area (Å²) in [5.74, 6) is -5.27. The Morgan fingerprint density at radius 2 is 1.84 bits per heavy atom. The number of benzene rings is 1. The van der Waals surface area contributed by atoms with Crippen molar-refractivity contribution in [2.24, 2.45) is 5.92 Å². The van der Waals surface area contributed by atoms with Crippen LogP contribution in [0.25, 0.3) is 0 Å². The van der Waals surface area contributed by atoms with E-state index in [1.807, 2.05) is 0 Å². The van der Waals surface area contributed by atoms with E-state index >= 15 is 0 Å². The van der Waals surface area contributed by atoms with E-state index in [0.717, 1.165) is 10.5 Å². The molecule has 8 nitrogen and oxygen atoms in total. The number of rotatable bonds is 5. The van der Waals surface area contributed by atoms with Gasteiger partial charge in [0.05, 0.1) is 17.2 Å². The fourth-order valence-corrected chi connectivity index (χ4v) is 4.87. The Morgan fingerprint density at radius 3 is 2.58 bits per heavy atom. The Labute approximate surface area is 176 Å². The topological polar surface area (TPSA) is 108 Å². The first-order valence-electron chi connectivity index (χ1n) is 10.5. The van der Waals surface area contributed by atoms with Gasteiger partial charge in [-0.15, -0.1) is 0 Å². The van der Waals surface area contributed by atoms with Crippen LogP contribution in [0.4, 0.5) is 8.78 Å². The van der Waals surface area contributed by atoms with Gasteiger partial charge in [-0.2, -0.15) is 0 Å². The lowest BCUT2D eigenvalue weighted by Gasteiger charge is -2.27. The van der Waals surface area contributed by atoms with Crippen LogP contribution in [0.15, 0.2) is 18.2 Å². The molecule has 3 N–H and O–H groups in total. The number of amides is 4. The average molecular weight is 432 g/mol. The van der Waals surface area contributed by atoms with Gasteiger partial charge in [0.1, 0.15) is 6.04 Å². The Hall–Kier alpha value is -2.72. The monoisotopic (exact) mass is 432 g/mol. The van der Waals surface area contributed by atoms with E-state index in [4.69, 9.17) is 0 Å². The van der Waals surface area contributed by atoms with Crippen LogP contribution < -0.4 is 16.0 Å². The maximum absolute atomic E-state index is 13.5. The lowest BCUT2D eigenvalue weighted by atomic mass is 10.0. The molecule has 0 spiro atoms. The first kappa shape index (κ1) is 20.2. The molecule has 1 saturated carbocycles. The summed E-state index contributed by atoms with van der Waals surface area (Å²) in [6.07, 6.45) is 1.38. The molecule has 3 fully saturated rings. The van der Waals surface area contributed by atoms with Gasteiger partial charge in [0.25, 0.3) is 17.7 Å². The summed E-state index contributed by atoms with van der Waals surface area (Å²) < 4.78 is 27.0. The summed E-state index contributed by atoms with van der Waals surface area (Å²) in [5.41, 5.74) is 1.23. The zero-order chi connectivity index (χ0) is 21.9. The molecule has 4 aliphatic rings. The van der Waals surface area contributed by atoms with Crippen LogP contribution >= 0.6 is 0 Å². The van der Waals surface area contributed by atoms with Gasteiger partial charge in [-0.25, -0.2) is 8.78 Å². The molecule has 4 atom stereocenters. The third-order valence-corrected chi connectivity index (χ3v) is 6.67. The molecule has 5 rings (SSSR count). The molecular formula is C21H22F2N4O4. The van der Waals surface area contributed by atoms with Crippen LogP contribution in [0.3, 0.4) is 0 Å². The summed E-state index contributed by atoms with van der Waals surface area (Å²) in [6.45, 7) is 0.932. The minimum absolute atomic E-state index is 0.0322. The van der Waals surface area contributed by atoms with Gasteiger partial charge in [-0.05, 0) is 37.0 Å². The number of halogens is 2. The molecule has 164 valence electrons. The number of carbonyl (C=O) groups is 4. The predicted octanol–water partition coefficient (Wildman–Crippen LogP) is 0.563. The Morgan fingerprint density at radius 1 is 1.06 bits per heavy atom. The largest absolute Gasteiger partial charge is 0.311 e. The molecule has 0 bridgehead atoms. The fraction of sp³-hybridized carbons (Fsp3) is 0.524. The average Bonchev–Trinajstić information content (AvgIpc) is 3.19.